The summed E-state index contributed by atoms with van der Waals surface area (Å²) in [5, 5.41) is 2.16. The maximum Gasteiger partial charge on any atom is 0.329 e. The van der Waals surface area contributed by atoms with E-state index in [-0.39, 0.29) is 11.7 Å². The van der Waals surface area contributed by atoms with E-state index in [9.17, 15) is 9.59 Å². The summed E-state index contributed by atoms with van der Waals surface area (Å²) >= 11 is 12.4. The largest absolute Gasteiger partial charge is 0.464 e. The van der Waals surface area contributed by atoms with Crippen molar-refractivity contribution in [2.75, 3.05) is 18.1 Å². The molecule has 7 heteroatoms. The van der Waals surface area contributed by atoms with E-state index in [0.29, 0.717) is 18.8 Å². The number of amides is 1. The highest BCUT2D eigenvalue weighted by Gasteiger charge is 2.23. The average molecular weight is 396 g/mol. The molecular formula is C17H33NO3S3. The number of nitrogens with one attached hydrogen (secondary N) is 1. The van der Waals surface area contributed by atoms with Crippen molar-refractivity contribution in [2.45, 2.75) is 76.0 Å². The molecule has 0 radical (unpaired) electrons. The van der Waals surface area contributed by atoms with Crippen molar-refractivity contribution in [2.24, 2.45) is 0 Å². The number of thiol groups is 3. The lowest BCUT2D eigenvalue weighted by Gasteiger charge is -2.18. The standard InChI is InChI=1S/C17H33NO3S3/c1-2-3-4-5-6-7-8-9-11-21-17(20)14(13-23)18-16(19)15(24)10-12-22/h14-15,22-24H,2-13H2,1H3,(H,18,19). The van der Waals surface area contributed by atoms with E-state index < -0.39 is 17.3 Å². The molecule has 0 aliphatic heterocycles. The number of carbonyl (C=O) groups excluding carboxylic acids is 2. The van der Waals surface area contributed by atoms with Gasteiger partial charge in [0.2, 0.25) is 5.91 Å². The van der Waals surface area contributed by atoms with Crippen LogP contribution in [0.4, 0.5) is 0 Å². The van der Waals surface area contributed by atoms with E-state index in [1.807, 2.05) is 0 Å². The fourth-order valence-corrected chi connectivity index (χ4v) is 3.12. The maximum atomic E-state index is 12.0. The third-order valence-corrected chi connectivity index (χ3v) is 4.85. The number of carbonyl (C=O) groups is 2. The molecule has 0 aromatic carbocycles. The van der Waals surface area contributed by atoms with Crippen LogP contribution in [0, 0.1) is 0 Å². The summed E-state index contributed by atoms with van der Waals surface area (Å²) in [7, 11) is 0. The van der Waals surface area contributed by atoms with Crippen molar-refractivity contribution in [3.63, 3.8) is 0 Å². The van der Waals surface area contributed by atoms with Crippen LogP contribution in [0.15, 0.2) is 0 Å². The highest BCUT2D eigenvalue weighted by molar-refractivity contribution is 7.82. The number of rotatable bonds is 15. The Hall–Kier alpha value is -0.0100. The van der Waals surface area contributed by atoms with Gasteiger partial charge in [0, 0.05) is 5.75 Å². The highest BCUT2D eigenvalue weighted by atomic mass is 32.1. The van der Waals surface area contributed by atoms with Crippen LogP contribution in [-0.2, 0) is 14.3 Å². The van der Waals surface area contributed by atoms with Crippen LogP contribution in [0.3, 0.4) is 0 Å². The van der Waals surface area contributed by atoms with Gasteiger partial charge in [-0.3, -0.25) is 4.79 Å². The lowest BCUT2D eigenvalue weighted by atomic mass is 10.1. The van der Waals surface area contributed by atoms with Crippen LogP contribution in [0.25, 0.3) is 0 Å². The summed E-state index contributed by atoms with van der Waals surface area (Å²) in [5.74, 6) is 0.0718. The van der Waals surface area contributed by atoms with Gasteiger partial charge in [0.1, 0.15) is 6.04 Å². The monoisotopic (exact) mass is 395 g/mol. The van der Waals surface area contributed by atoms with Gasteiger partial charge >= 0.3 is 5.97 Å². The van der Waals surface area contributed by atoms with Crippen LogP contribution in [0.5, 0.6) is 0 Å². The predicted molar refractivity (Wildman–Crippen MR) is 111 cm³/mol. The lowest BCUT2D eigenvalue weighted by molar-refractivity contribution is -0.147. The first-order valence-electron chi connectivity index (χ1n) is 8.93. The molecule has 1 amide bonds. The van der Waals surface area contributed by atoms with Gasteiger partial charge in [0.25, 0.3) is 0 Å². The van der Waals surface area contributed by atoms with Gasteiger partial charge in [-0.15, -0.1) is 0 Å². The molecule has 0 heterocycles. The molecular weight excluding hydrogens is 362 g/mol. The summed E-state index contributed by atoms with van der Waals surface area (Å²) < 4.78 is 5.24. The SMILES string of the molecule is CCCCCCCCCCOC(=O)C(CS)NC(=O)C(S)CCS. The van der Waals surface area contributed by atoms with Gasteiger partial charge in [-0.05, 0) is 18.6 Å². The maximum absolute atomic E-state index is 12.0. The van der Waals surface area contributed by atoms with E-state index in [0.717, 1.165) is 12.8 Å². The van der Waals surface area contributed by atoms with Crippen LogP contribution in [0.2, 0.25) is 0 Å². The van der Waals surface area contributed by atoms with E-state index in [1.54, 1.807) is 0 Å². The minimum atomic E-state index is -0.718. The Morgan fingerprint density at radius 2 is 1.58 bits per heavy atom. The molecule has 2 unspecified atom stereocenters. The van der Waals surface area contributed by atoms with E-state index >= 15 is 0 Å². The number of hydrogen-bond donors (Lipinski definition) is 4. The van der Waals surface area contributed by atoms with E-state index in [2.05, 4.69) is 50.1 Å². The molecule has 0 aliphatic rings. The number of unbranched alkanes of at least 4 members (excludes halogenated alkanes) is 7. The van der Waals surface area contributed by atoms with Crippen LogP contribution in [-0.4, -0.2) is 41.3 Å². The van der Waals surface area contributed by atoms with Crippen molar-refractivity contribution >= 4 is 49.8 Å². The Morgan fingerprint density at radius 1 is 1.00 bits per heavy atom. The fourth-order valence-electron chi connectivity index (χ4n) is 2.21. The normalized spacial score (nSPS) is 13.3. The number of ether oxygens (including phenoxy) is 1. The minimum Gasteiger partial charge on any atom is -0.464 e. The third kappa shape index (κ3) is 12.4. The summed E-state index contributed by atoms with van der Waals surface area (Å²) in [6.45, 7) is 2.61. The molecule has 1 N–H and O–H groups in total. The molecule has 0 aliphatic carbocycles. The minimum absolute atomic E-state index is 0.212. The second-order valence-corrected chi connectivity index (χ2v) is 7.35. The third-order valence-electron chi connectivity index (χ3n) is 3.73. The van der Waals surface area contributed by atoms with Gasteiger partial charge in [-0.1, -0.05) is 51.9 Å². The van der Waals surface area contributed by atoms with Gasteiger partial charge < -0.3 is 10.1 Å². The Morgan fingerprint density at radius 3 is 2.12 bits per heavy atom. The summed E-state index contributed by atoms with van der Waals surface area (Å²) in [4.78, 5) is 23.8. The van der Waals surface area contributed by atoms with Crippen LogP contribution in [0.1, 0.15) is 64.7 Å². The zero-order valence-electron chi connectivity index (χ0n) is 14.7. The highest BCUT2D eigenvalue weighted by Crippen LogP contribution is 2.09. The Bertz CT molecular complexity index is 343. The molecule has 0 fully saturated rings. The average Bonchev–Trinajstić information content (AvgIpc) is 2.57. The van der Waals surface area contributed by atoms with Gasteiger partial charge in [0.05, 0.1) is 11.9 Å². The van der Waals surface area contributed by atoms with Crippen LogP contribution < -0.4 is 5.32 Å². The van der Waals surface area contributed by atoms with Gasteiger partial charge in [0.15, 0.2) is 0 Å². The first-order chi connectivity index (χ1) is 11.6. The van der Waals surface area contributed by atoms with E-state index in [1.165, 1.54) is 38.5 Å². The van der Waals surface area contributed by atoms with Crippen molar-refractivity contribution in [3.05, 3.63) is 0 Å². The molecule has 0 aromatic rings. The summed E-state index contributed by atoms with van der Waals surface area (Å²) in [5.41, 5.74) is 0. The molecule has 4 nitrogen and oxygen atoms in total. The quantitative estimate of drug-likeness (QED) is 0.194. The number of esters is 1. The smallest absolute Gasteiger partial charge is 0.329 e. The Labute approximate surface area is 163 Å². The zero-order valence-corrected chi connectivity index (χ0v) is 17.4. The fraction of sp³-hybridized carbons (Fsp3) is 0.882. The topological polar surface area (TPSA) is 55.4 Å². The first-order valence-corrected chi connectivity index (χ1v) is 10.7. The summed E-state index contributed by atoms with van der Waals surface area (Å²) in [6.07, 6.45) is 10.1. The van der Waals surface area contributed by atoms with Gasteiger partial charge in [-0.25, -0.2) is 4.79 Å². The van der Waals surface area contributed by atoms with Crippen molar-refractivity contribution in [3.8, 4) is 0 Å². The molecule has 0 rings (SSSR count). The molecule has 0 spiro atoms. The van der Waals surface area contributed by atoms with Crippen molar-refractivity contribution in [1.29, 1.82) is 0 Å². The Kier molecular flexibility index (Phi) is 16.5. The van der Waals surface area contributed by atoms with Crippen LogP contribution >= 0.6 is 37.9 Å². The zero-order chi connectivity index (χ0) is 18.2. The van der Waals surface area contributed by atoms with E-state index in [4.69, 9.17) is 4.74 Å². The first kappa shape index (κ1) is 24.0. The predicted octanol–water partition coefficient (Wildman–Crippen LogP) is 3.70. The molecule has 24 heavy (non-hydrogen) atoms. The lowest BCUT2D eigenvalue weighted by Crippen LogP contribution is -2.46. The molecule has 0 saturated heterocycles. The van der Waals surface area contributed by atoms with Crippen molar-refractivity contribution < 1.29 is 14.3 Å². The second kappa shape index (κ2) is 16.5. The van der Waals surface area contributed by atoms with Gasteiger partial charge in [-0.2, -0.15) is 37.9 Å². The Balaban J connectivity index is 3.81. The molecule has 2 atom stereocenters. The van der Waals surface area contributed by atoms with Crippen molar-refractivity contribution in [1.82, 2.24) is 5.32 Å². The molecule has 0 saturated carbocycles. The second-order valence-electron chi connectivity index (χ2n) is 5.91. The summed E-state index contributed by atoms with van der Waals surface area (Å²) in [6, 6.07) is -0.718. The molecule has 0 aromatic heterocycles. The number of hydrogen-bond acceptors (Lipinski definition) is 6. The molecule has 142 valence electrons. The molecule has 0 bridgehead atoms.